The van der Waals surface area contributed by atoms with Crippen molar-refractivity contribution in [1.29, 1.82) is 0 Å². The number of thiophene rings is 1. The minimum Gasteiger partial charge on any atom is -0.386 e. The molecule has 1 N–H and O–H groups in total. The summed E-state index contributed by atoms with van der Waals surface area (Å²) in [6, 6.07) is 13.6. The van der Waals surface area contributed by atoms with E-state index in [1.54, 1.807) is 11.3 Å². The summed E-state index contributed by atoms with van der Waals surface area (Å²) in [5.74, 6) is 0. The lowest BCUT2D eigenvalue weighted by atomic mass is 10.0. The summed E-state index contributed by atoms with van der Waals surface area (Å²) in [6.07, 6.45) is 1.29. The standard InChI is InChI=1S/C15H17NOS/c1-11-8-9-14(18-11)10-16-12(2)15(17)13-6-4-3-5-7-13/h3-10,12,15,17H,1-2H3/t12-,15-/m1/s1. The van der Waals surface area contributed by atoms with Gasteiger partial charge in [-0.1, -0.05) is 30.3 Å². The maximum atomic E-state index is 10.2. The van der Waals surface area contributed by atoms with Gasteiger partial charge in [-0.15, -0.1) is 11.3 Å². The van der Waals surface area contributed by atoms with E-state index in [2.05, 4.69) is 18.0 Å². The van der Waals surface area contributed by atoms with Crippen LogP contribution in [-0.2, 0) is 0 Å². The molecule has 1 aromatic heterocycles. The molecule has 2 atom stereocenters. The van der Waals surface area contributed by atoms with E-state index in [9.17, 15) is 5.11 Å². The Hall–Kier alpha value is -1.45. The average Bonchev–Trinajstić information content (AvgIpc) is 2.82. The molecule has 94 valence electrons. The summed E-state index contributed by atoms with van der Waals surface area (Å²) in [4.78, 5) is 6.82. The Kier molecular flexibility index (Phi) is 4.28. The number of aliphatic hydroxyl groups excluding tert-OH is 1. The van der Waals surface area contributed by atoms with Crippen molar-refractivity contribution in [2.45, 2.75) is 26.0 Å². The van der Waals surface area contributed by atoms with Gasteiger partial charge in [0, 0.05) is 16.0 Å². The Bertz CT molecular complexity index is 518. The maximum absolute atomic E-state index is 10.2. The fraction of sp³-hybridized carbons (Fsp3) is 0.267. The van der Waals surface area contributed by atoms with Gasteiger partial charge >= 0.3 is 0 Å². The summed E-state index contributed by atoms with van der Waals surface area (Å²) in [7, 11) is 0. The van der Waals surface area contributed by atoms with E-state index in [1.807, 2.05) is 49.5 Å². The van der Waals surface area contributed by atoms with E-state index in [1.165, 1.54) is 4.88 Å². The van der Waals surface area contributed by atoms with Crippen molar-refractivity contribution in [2.24, 2.45) is 4.99 Å². The van der Waals surface area contributed by atoms with Crippen LogP contribution in [0.2, 0.25) is 0 Å². The van der Waals surface area contributed by atoms with Gasteiger partial charge in [0.1, 0.15) is 6.10 Å². The van der Waals surface area contributed by atoms with Gasteiger partial charge in [-0.3, -0.25) is 4.99 Å². The van der Waals surface area contributed by atoms with Crippen LogP contribution in [0.5, 0.6) is 0 Å². The Balaban J connectivity index is 2.03. The molecule has 0 spiro atoms. The molecule has 0 saturated heterocycles. The summed E-state index contributed by atoms with van der Waals surface area (Å²) >= 11 is 1.71. The SMILES string of the molecule is Cc1ccc(C=N[C@H](C)[C@@H](O)c2ccccc2)s1. The van der Waals surface area contributed by atoms with Crippen molar-refractivity contribution in [3.8, 4) is 0 Å². The van der Waals surface area contributed by atoms with Crippen LogP contribution in [0.15, 0.2) is 47.5 Å². The molecule has 1 heterocycles. The monoisotopic (exact) mass is 259 g/mol. The molecule has 0 aliphatic rings. The predicted octanol–water partition coefficient (Wildman–Crippen LogP) is 3.60. The molecule has 1 aromatic carbocycles. The molecular formula is C15H17NOS. The number of aliphatic imine (C=N–C) groups is 1. The van der Waals surface area contributed by atoms with Crippen molar-refractivity contribution >= 4 is 17.6 Å². The van der Waals surface area contributed by atoms with Crippen LogP contribution in [0, 0.1) is 6.92 Å². The van der Waals surface area contributed by atoms with Gasteiger partial charge in [-0.25, -0.2) is 0 Å². The third kappa shape index (κ3) is 3.28. The number of aryl methyl sites for hydroxylation is 1. The Morgan fingerprint density at radius 2 is 1.89 bits per heavy atom. The van der Waals surface area contributed by atoms with Crippen molar-refractivity contribution in [2.75, 3.05) is 0 Å². The largest absolute Gasteiger partial charge is 0.386 e. The lowest BCUT2D eigenvalue weighted by Crippen LogP contribution is -2.12. The van der Waals surface area contributed by atoms with Crippen LogP contribution in [0.25, 0.3) is 0 Å². The molecule has 0 saturated carbocycles. The van der Waals surface area contributed by atoms with Crippen molar-refractivity contribution in [3.63, 3.8) is 0 Å². The summed E-state index contributed by atoms with van der Waals surface area (Å²) in [5.41, 5.74) is 0.907. The zero-order valence-electron chi connectivity index (χ0n) is 10.6. The molecule has 2 rings (SSSR count). The first kappa shape index (κ1) is 13.0. The van der Waals surface area contributed by atoms with Gasteiger partial charge in [0.15, 0.2) is 0 Å². The highest BCUT2D eigenvalue weighted by molar-refractivity contribution is 7.13. The van der Waals surface area contributed by atoms with Gasteiger partial charge < -0.3 is 5.11 Å². The highest BCUT2D eigenvalue weighted by Gasteiger charge is 2.14. The quantitative estimate of drug-likeness (QED) is 0.836. The molecule has 0 unspecified atom stereocenters. The maximum Gasteiger partial charge on any atom is 0.101 e. The first-order chi connectivity index (χ1) is 8.66. The van der Waals surface area contributed by atoms with Crippen LogP contribution in [0.3, 0.4) is 0 Å². The van der Waals surface area contributed by atoms with Gasteiger partial charge in [0.25, 0.3) is 0 Å². The van der Waals surface area contributed by atoms with Crippen LogP contribution in [-0.4, -0.2) is 17.4 Å². The first-order valence-electron chi connectivity index (χ1n) is 5.99. The lowest BCUT2D eigenvalue weighted by molar-refractivity contribution is 0.154. The topological polar surface area (TPSA) is 32.6 Å². The molecule has 0 bridgehead atoms. The lowest BCUT2D eigenvalue weighted by Gasteiger charge is -2.14. The number of benzene rings is 1. The second-order valence-electron chi connectivity index (χ2n) is 4.32. The third-order valence-corrected chi connectivity index (χ3v) is 3.73. The van der Waals surface area contributed by atoms with Crippen LogP contribution in [0.4, 0.5) is 0 Å². The van der Waals surface area contributed by atoms with Crippen LogP contribution >= 0.6 is 11.3 Å². The Morgan fingerprint density at radius 3 is 2.50 bits per heavy atom. The average molecular weight is 259 g/mol. The normalized spacial score (nSPS) is 14.8. The predicted molar refractivity (Wildman–Crippen MR) is 77.5 cm³/mol. The zero-order chi connectivity index (χ0) is 13.0. The molecule has 0 amide bonds. The van der Waals surface area contributed by atoms with E-state index < -0.39 is 6.10 Å². The van der Waals surface area contributed by atoms with Crippen molar-refractivity contribution in [1.82, 2.24) is 0 Å². The van der Waals surface area contributed by atoms with Crippen LogP contribution < -0.4 is 0 Å². The van der Waals surface area contributed by atoms with Crippen LogP contribution in [0.1, 0.15) is 28.3 Å². The number of aliphatic hydroxyl groups is 1. The first-order valence-corrected chi connectivity index (χ1v) is 6.81. The number of rotatable bonds is 4. The third-order valence-electron chi connectivity index (χ3n) is 2.80. The summed E-state index contributed by atoms with van der Waals surface area (Å²) in [6.45, 7) is 4.00. The zero-order valence-corrected chi connectivity index (χ0v) is 11.4. The molecule has 0 aliphatic heterocycles. The number of nitrogens with zero attached hydrogens (tertiary/aromatic N) is 1. The molecule has 2 nitrogen and oxygen atoms in total. The minimum absolute atomic E-state index is 0.144. The molecule has 3 heteroatoms. The molecular weight excluding hydrogens is 242 g/mol. The van der Waals surface area contributed by atoms with Crippen molar-refractivity contribution in [3.05, 3.63) is 57.8 Å². The summed E-state index contributed by atoms with van der Waals surface area (Å²) < 4.78 is 0. The van der Waals surface area contributed by atoms with E-state index in [0.29, 0.717) is 0 Å². The second kappa shape index (κ2) is 5.94. The highest BCUT2D eigenvalue weighted by Crippen LogP contribution is 2.19. The Morgan fingerprint density at radius 1 is 1.17 bits per heavy atom. The fourth-order valence-corrected chi connectivity index (χ4v) is 2.48. The second-order valence-corrected chi connectivity index (χ2v) is 5.64. The van der Waals surface area contributed by atoms with Gasteiger partial charge in [-0.2, -0.15) is 0 Å². The Labute approximate surface area is 112 Å². The minimum atomic E-state index is -0.552. The molecule has 18 heavy (non-hydrogen) atoms. The highest BCUT2D eigenvalue weighted by atomic mass is 32.1. The van der Waals surface area contributed by atoms with E-state index in [4.69, 9.17) is 0 Å². The van der Waals surface area contributed by atoms with E-state index in [0.717, 1.165) is 10.4 Å². The molecule has 2 aromatic rings. The number of hydrogen-bond acceptors (Lipinski definition) is 3. The number of hydrogen-bond donors (Lipinski definition) is 1. The van der Waals surface area contributed by atoms with Gasteiger partial charge in [-0.05, 0) is 31.5 Å². The fourth-order valence-electron chi connectivity index (χ4n) is 1.72. The summed E-state index contributed by atoms with van der Waals surface area (Å²) in [5, 5.41) is 10.2. The van der Waals surface area contributed by atoms with Gasteiger partial charge in [0.2, 0.25) is 0 Å². The molecule has 0 fully saturated rings. The molecule has 0 aliphatic carbocycles. The van der Waals surface area contributed by atoms with Gasteiger partial charge in [0.05, 0.1) is 6.04 Å². The molecule has 0 radical (unpaired) electrons. The smallest absolute Gasteiger partial charge is 0.101 e. The van der Waals surface area contributed by atoms with E-state index >= 15 is 0 Å². The van der Waals surface area contributed by atoms with E-state index in [-0.39, 0.29) is 6.04 Å². The van der Waals surface area contributed by atoms with Crippen molar-refractivity contribution < 1.29 is 5.11 Å².